The quantitative estimate of drug-likeness (QED) is 0.687. The average Bonchev–Trinajstić information content (AvgIpc) is 2.31. The molecular formula is C13H8BrF3S. The normalized spacial score (nSPS) is 11.6. The molecule has 0 bridgehead atoms. The first-order valence-corrected chi connectivity index (χ1v) is 6.67. The molecule has 0 aliphatic heterocycles. The van der Waals surface area contributed by atoms with Crippen LogP contribution >= 0.6 is 27.7 Å². The van der Waals surface area contributed by atoms with Crippen molar-refractivity contribution in [1.82, 2.24) is 0 Å². The average molecular weight is 333 g/mol. The summed E-state index contributed by atoms with van der Waals surface area (Å²) in [6, 6.07) is 12.8. The number of benzene rings is 2. The van der Waals surface area contributed by atoms with Crippen LogP contribution in [0.3, 0.4) is 0 Å². The minimum atomic E-state index is -4.30. The van der Waals surface area contributed by atoms with E-state index in [0.717, 1.165) is 21.5 Å². The second-order valence-corrected chi connectivity index (χ2v) is 5.64. The van der Waals surface area contributed by atoms with Gasteiger partial charge in [0.2, 0.25) is 0 Å². The van der Waals surface area contributed by atoms with Gasteiger partial charge in [0.25, 0.3) is 0 Å². The van der Waals surface area contributed by atoms with Crippen LogP contribution in [0, 0.1) is 0 Å². The van der Waals surface area contributed by atoms with Gasteiger partial charge in [-0.25, -0.2) is 0 Å². The monoisotopic (exact) mass is 332 g/mol. The number of rotatable bonds is 2. The van der Waals surface area contributed by atoms with Crippen molar-refractivity contribution in [3.8, 4) is 0 Å². The highest BCUT2D eigenvalue weighted by Crippen LogP contribution is 2.34. The number of halogens is 4. The first kappa shape index (κ1) is 13.5. The SMILES string of the molecule is FC(F)(F)c1cccc(Sc2ccc(Br)cc2)c1. The Labute approximate surface area is 115 Å². The second kappa shape index (κ2) is 5.36. The van der Waals surface area contributed by atoms with Gasteiger partial charge in [-0.15, -0.1) is 0 Å². The summed E-state index contributed by atoms with van der Waals surface area (Å²) in [7, 11) is 0. The van der Waals surface area contributed by atoms with Crippen molar-refractivity contribution in [2.24, 2.45) is 0 Å². The van der Waals surface area contributed by atoms with Gasteiger partial charge in [0.15, 0.2) is 0 Å². The molecular weight excluding hydrogens is 325 g/mol. The fraction of sp³-hybridized carbons (Fsp3) is 0.0769. The first-order valence-electron chi connectivity index (χ1n) is 5.06. The molecule has 2 aromatic rings. The summed E-state index contributed by atoms with van der Waals surface area (Å²) in [5.41, 5.74) is -0.621. The minimum absolute atomic E-state index is 0.576. The first-order chi connectivity index (χ1) is 8.45. The number of hydrogen-bond donors (Lipinski definition) is 0. The lowest BCUT2D eigenvalue weighted by atomic mass is 10.2. The van der Waals surface area contributed by atoms with Gasteiger partial charge in [-0.3, -0.25) is 0 Å². The standard InChI is InChI=1S/C13H8BrF3S/c14-10-4-6-11(7-5-10)18-12-3-1-2-9(8-12)13(15,16)17/h1-8H. The van der Waals surface area contributed by atoms with Gasteiger partial charge in [0, 0.05) is 14.3 Å². The second-order valence-electron chi connectivity index (χ2n) is 3.58. The van der Waals surface area contributed by atoms with Crippen molar-refractivity contribution >= 4 is 27.7 Å². The van der Waals surface area contributed by atoms with Crippen LogP contribution in [0.25, 0.3) is 0 Å². The molecule has 2 aromatic carbocycles. The summed E-state index contributed by atoms with van der Waals surface area (Å²) >= 11 is 4.62. The highest BCUT2D eigenvalue weighted by Gasteiger charge is 2.30. The molecule has 0 unspecified atom stereocenters. The summed E-state index contributed by atoms with van der Waals surface area (Å²) in [5.74, 6) is 0. The van der Waals surface area contributed by atoms with E-state index in [-0.39, 0.29) is 0 Å². The minimum Gasteiger partial charge on any atom is -0.166 e. The maximum absolute atomic E-state index is 12.5. The lowest BCUT2D eigenvalue weighted by molar-refractivity contribution is -0.137. The van der Waals surface area contributed by atoms with Gasteiger partial charge in [0.05, 0.1) is 5.56 Å². The van der Waals surface area contributed by atoms with Crippen molar-refractivity contribution in [3.63, 3.8) is 0 Å². The van der Waals surface area contributed by atoms with Gasteiger partial charge in [-0.2, -0.15) is 13.2 Å². The summed E-state index contributed by atoms with van der Waals surface area (Å²) in [6.07, 6.45) is -4.30. The largest absolute Gasteiger partial charge is 0.416 e. The summed E-state index contributed by atoms with van der Waals surface area (Å²) < 4.78 is 38.6. The Morgan fingerprint density at radius 1 is 0.889 bits per heavy atom. The molecule has 0 spiro atoms. The van der Waals surface area contributed by atoms with E-state index < -0.39 is 11.7 Å². The van der Waals surface area contributed by atoms with E-state index in [1.807, 2.05) is 24.3 Å². The lowest BCUT2D eigenvalue weighted by Gasteiger charge is -2.08. The van der Waals surface area contributed by atoms with Crippen LogP contribution in [-0.4, -0.2) is 0 Å². The zero-order chi connectivity index (χ0) is 13.2. The fourth-order valence-electron chi connectivity index (χ4n) is 1.37. The molecule has 0 saturated heterocycles. The molecule has 0 radical (unpaired) electrons. The molecule has 0 heterocycles. The van der Waals surface area contributed by atoms with Gasteiger partial charge >= 0.3 is 6.18 Å². The van der Waals surface area contributed by atoms with E-state index in [4.69, 9.17) is 0 Å². The Kier molecular flexibility index (Phi) is 4.02. The van der Waals surface area contributed by atoms with Gasteiger partial charge < -0.3 is 0 Å². The van der Waals surface area contributed by atoms with Crippen LogP contribution in [0.2, 0.25) is 0 Å². The van der Waals surface area contributed by atoms with Crippen LogP contribution in [0.1, 0.15) is 5.56 Å². The molecule has 0 saturated carbocycles. The molecule has 2 rings (SSSR count). The molecule has 5 heteroatoms. The summed E-state index contributed by atoms with van der Waals surface area (Å²) in [6.45, 7) is 0. The topological polar surface area (TPSA) is 0 Å². The van der Waals surface area contributed by atoms with Crippen LogP contribution in [-0.2, 0) is 6.18 Å². The van der Waals surface area contributed by atoms with Gasteiger partial charge in [0.1, 0.15) is 0 Å². The molecule has 0 aliphatic carbocycles. The molecule has 18 heavy (non-hydrogen) atoms. The fourth-order valence-corrected chi connectivity index (χ4v) is 2.52. The summed E-state index contributed by atoms with van der Waals surface area (Å²) in [5, 5.41) is 0. The predicted molar refractivity (Wildman–Crippen MR) is 69.7 cm³/mol. The molecule has 0 aliphatic rings. The van der Waals surface area contributed by atoms with Crippen LogP contribution < -0.4 is 0 Å². The highest BCUT2D eigenvalue weighted by atomic mass is 79.9. The maximum Gasteiger partial charge on any atom is 0.416 e. The van der Waals surface area contributed by atoms with E-state index in [1.165, 1.54) is 17.8 Å². The Morgan fingerprint density at radius 3 is 2.17 bits per heavy atom. The van der Waals surface area contributed by atoms with Crippen molar-refractivity contribution in [2.75, 3.05) is 0 Å². The smallest absolute Gasteiger partial charge is 0.166 e. The van der Waals surface area contributed by atoms with Crippen LogP contribution in [0.5, 0.6) is 0 Å². The van der Waals surface area contributed by atoms with Gasteiger partial charge in [-0.1, -0.05) is 33.8 Å². The number of hydrogen-bond acceptors (Lipinski definition) is 1. The van der Waals surface area contributed by atoms with Crippen molar-refractivity contribution in [3.05, 3.63) is 58.6 Å². The van der Waals surface area contributed by atoms with Gasteiger partial charge in [-0.05, 0) is 42.5 Å². The zero-order valence-electron chi connectivity index (χ0n) is 9.04. The third-order valence-corrected chi connectivity index (χ3v) is 3.74. The van der Waals surface area contributed by atoms with E-state index in [1.54, 1.807) is 6.07 Å². The zero-order valence-corrected chi connectivity index (χ0v) is 11.4. The molecule has 94 valence electrons. The van der Waals surface area contributed by atoms with Crippen molar-refractivity contribution in [2.45, 2.75) is 16.0 Å². The van der Waals surface area contributed by atoms with E-state index >= 15 is 0 Å². The van der Waals surface area contributed by atoms with Crippen LogP contribution in [0.15, 0.2) is 62.8 Å². The highest BCUT2D eigenvalue weighted by molar-refractivity contribution is 9.10. The molecule has 0 N–H and O–H groups in total. The van der Waals surface area contributed by atoms with Crippen molar-refractivity contribution < 1.29 is 13.2 Å². The number of alkyl halides is 3. The Hall–Kier alpha value is -0.940. The van der Waals surface area contributed by atoms with E-state index in [9.17, 15) is 13.2 Å². The van der Waals surface area contributed by atoms with Crippen molar-refractivity contribution in [1.29, 1.82) is 0 Å². The Morgan fingerprint density at radius 2 is 1.56 bits per heavy atom. The van der Waals surface area contributed by atoms with E-state index in [2.05, 4.69) is 15.9 Å². The van der Waals surface area contributed by atoms with E-state index in [0.29, 0.717) is 4.90 Å². The molecule has 0 fully saturated rings. The van der Waals surface area contributed by atoms with Crippen LogP contribution in [0.4, 0.5) is 13.2 Å². The molecule has 0 atom stereocenters. The molecule has 0 aromatic heterocycles. The Bertz CT molecular complexity index is 535. The third kappa shape index (κ3) is 3.53. The third-order valence-electron chi connectivity index (χ3n) is 2.21. The molecule has 0 amide bonds. The predicted octanol–water partition coefficient (Wildman–Crippen LogP) is 5.62. The maximum atomic E-state index is 12.5. The Balaban J connectivity index is 2.22. The molecule has 0 nitrogen and oxygen atoms in total. The summed E-state index contributed by atoms with van der Waals surface area (Å²) in [4.78, 5) is 1.48. The lowest BCUT2D eigenvalue weighted by Crippen LogP contribution is -2.04.